The van der Waals surface area contributed by atoms with Gasteiger partial charge in [-0.25, -0.2) is 0 Å². The van der Waals surface area contributed by atoms with Crippen molar-refractivity contribution in [2.45, 2.75) is 33.3 Å². The summed E-state index contributed by atoms with van der Waals surface area (Å²) in [5.74, 6) is -0.702. The van der Waals surface area contributed by atoms with Gasteiger partial charge in [-0.2, -0.15) is 0 Å². The van der Waals surface area contributed by atoms with Crippen LogP contribution in [0.4, 0.5) is 0 Å². The molecule has 0 radical (unpaired) electrons. The third kappa shape index (κ3) is 2.42. The van der Waals surface area contributed by atoms with Crippen molar-refractivity contribution in [3.05, 3.63) is 33.4 Å². The minimum Gasteiger partial charge on any atom is -0.456 e. The summed E-state index contributed by atoms with van der Waals surface area (Å²) >= 11 is 2.21. The van der Waals surface area contributed by atoms with Crippen LogP contribution in [0.3, 0.4) is 0 Å². The number of benzene rings is 1. The highest BCUT2D eigenvalue weighted by atomic mass is 127. The van der Waals surface area contributed by atoms with E-state index < -0.39 is 17.5 Å². The second kappa shape index (κ2) is 5.23. The zero-order chi connectivity index (χ0) is 14.2. The molecular formula is C15H17IO3. The van der Waals surface area contributed by atoms with Gasteiger partial charge in [0.05, 0.1) is 5.92 Å². The number of esters is 1. The molecule has 1 fully saturated rings. The Morgan fingerprint density at radius 3 is 2.47 bits per heavy atom. The Morgan fingerprint density at radius 1 is 1.26 bits per heavy atom. The third-order valence-electron chi connectivity index (χ3n) is 3.71. The standard InChI is InChI=1S/C15H17IO3/c1-4-9-12(10-7-5-6-8-11(10)16)19-14(18)15(2,3)13(9)17/h5-9,12H,4H2,1-3H3/t9-,12+/m0/s1. The first kappa shape index (κ1) is 14.5. The lowest BCUT2D eigenvalue weighted by molar-refractivity contribution is -0.179. The number of cyclic esters (lactones) is 1. The predicted molar refractivity (Wildman–Crippen MR) is 80.6 cm³/mol. The molecule has 0 aliphatic carbocycles. The molecule has 0 spiro atoms. The number of carbonyl (C=O) groups is 2. The van der Waals surface area contributed by atoms with E-state index in [2.05, 4.69) is 22.6 Å². The monoisotopic (exact) mass is 372 g/mol. The molecule has 2 atom stereocenters. The number of hydrogen-bond donors (Lipinski definition) is 0. The van der Waals surface area contributed by atoms with Crippen LogP contribution in [0.5, 0.6) is 0 Å². The van der Waals surface area contributed by atoms with Crippen molar-refractivity contribution in [3.63, 3.8) is 0 Å². The Hall–Kier alpha value is -0.910. The first-order valence-electron chi connectivity index (χ1n) is 6.39. The molecule has 0 saturated carbocycles. The van der Waals surface area contributed by atoms with Crippen LogP contribution in [0.1, 0.15) is 38.9 Å². The predicted octanol–water partition coefficient (Wildman–Crippen LogP) is 3.51. The lowest BCUT2D eigenvalue weighted by Crippen LogP contribution is -2.47. The largest absolute Gasteiger partial charge is 0.456 e. The van der Waals surface area contributed by atoms with Crippen molar-refractivity contribution >= 4 is 34.3 Å². The van der Waals surface area contributed by atoms with Crippen LogP contribution in [0.15, 0.2) is 24.3 Å². The van der Waals surface area contributed by atoms with E-state index in [-0.39, 0.29) is 11.7 Å². The Morgan fingerprint density at radius 2 is 1.89 bits per heavy atom. The number of Topliss-reactive ketones (excluding diaryl/α,β-unsaturated/α-hetero) is 1. The minimum absolute atomic E-state index is 0.0177. The lowest BCUT2D eigenvalue weighted by Gasteiger charge is -2.38. The Kier molecular flexibility index (Phi) is 3.99. The molecule has 1 aromatic rings. The smallest absolute Gasteiger partial charge is 0.319 e. The second-order valence-electron chi connectivity index (χ2n) is 5.35. The average Bonchev–Trinajstić information content (AvgIpc) is 2.37. The van der Waals surface area contributed by atoms with E-state index in [1.807, 2.05) is 31.2 Å². The second-order valence-corrected chi connectivity index (χ2v) is 6.51. The van der Waals surface area contributed by atoms with Gasteiger partial charge < -0.3 is 4.74 Å². The fourth-order valence-electron chi connectivity index (χ4n) is 2.43. The summed E-state index contributed by atoms with van der Waals surface area (Å²) in [7, 11) is 0. The van der Waals surface area contributed by atoms with Crippen LogP contribution in [0.25, 0.3) is 0 Å². The molecule has 102 valence electrons. The van der Waals surface area contributed by atoms with Crippen molar-refractivity contribution in [3.8, 4) is 0 Å². The molecule has 1 aliphatic heterocycles. The molecule has 1 aromatic carbocycles. The number of ether oxygens (including phenoxy) is 1. The summed E-state index contributed by atoms with van der Waals surface area (Å²) in [5.41, 5.74) is -0.107. The van der Waals surface area contributed by atoms with Gasteiger partial charge in [0.1, 0.15) is 11.5 Å². The fourth-order valence-corrected chi connectivity index (χ4v) is 3.13. The quantitative estimate of drug-likeness (QED) is 0.453. The average molecular weight is 372 g/mol. The molecule has 3 nitrogen and oxygen atoms in total. The van der Waals surface area contributed by atoms with Crippen molar-refractivity contribution < 1.29 is 14.3 Å². The van der Waals surface area contributed by atoms with Crippen LogP contribution in [-0.4, -0.2) is 11.8 Å². The number of ketones is 1. The van der Waals surface area contributed by atoms with Gasteiger partial charge in [0.25, 0.3) is 0 Å². The minimum atomic E-state index is -1.03. The van der Waals surface area contributed by atoms with E-state index in [1.165, 1.54) is 0 Å². The maximum absolute atomic E-state index is 12.5. The van der Waals surface area contributed by atoms with Gasteiger partial charge in [-0.15, -0.1) is 0 Å². The molecule has 4 heteroatoms. The van der Waals surface area contributed by atoms with E-state index in [0.29, 0.717) is 6.42 Å². The van der Waals surface area contributed by atoms with Crippen molar-refractivity contribution in [2.75, 3.05) is 0 Å². The molecule has 19 heavy (non-hydrogen) atoms. The fraction of sp³-hybridized carbons (Fsp3) is 0.467. The lowest BCUT2D eigenvalue weighted by atomic mass is 9.74. The Labute approximate surface area is 126 Å². The summed E-state index contributed by atoms with van der Waals surface area (Å²) in [6.07, 6.45) is 0.219. The Bertz CT molecular complexity index is 522. The van der Waals surface area contributed by atoms with Crippen LogP contribution < -0.4 is 0 Å². The topological polar surface area (TPSA) is 43.4 Å². The molecule has 2 rings (SSSR count). The summed E-state index contributed by atoms with van der Waals surface area (Å²) in [4.78, 5) is 24.5. The highest BCUT2D eigenvalue weighted by Gasteiger charge is 2.50. The highest BCUT2D eigenvalue weighted by Crippen LogP contribution is 2.42. The zero-order valence-corrected chi connectivity index (χ0v) is 13.4. The van der Waals surface area contributed by atoms with E-state index in [9.17, 15) is 9.59 Å². The van der Waals surface area contributed by atoms with Crippen LogP contribution in [0.2, 0.25) is 0 Å². The molecule has 0 N–H and O–H groups in total. The molecule has 0 aromatic heterocycles. The maximum Gasteiger partial charge on any atom is 0.319 e. The summed E-state index contributed by atoms with van der Waals surface area (Å²) in [5, 5.41) is 0. The van der Waals surface area contributed by atoms with Gasteiger partial charge in [0, 0.05) is 9.13 Å². The molecule has 0 unspecified atom stereocenters. The zero-order valence-electron chi connectivity index (χ0n) is 11.3. The van der Waals surface area contributed by atoms with Crippen molar-refractivity contribution in [2.24, 2.45) is 11.3 Å². The molecule has 0 amide bonds. The highest BCUT2D eigenvalue weighted by molar-refractivity contribution is 14.1. The van der Waals surface area contributed by atoms with Crippen LogP contribution in [-0.2, 0) is 14.3 Å². The third-order valence-corrected chi connectivity index (χ3v) is 4.70. The van der Waals surface area contributed by atoms with E-state index in [4.69, 9.17) is 4.74 Å². The first-order valence-corrected chi connectivity index (χ1v) is 7.47. The van der Waals surface area contributed by atoms with Crippen LogP contribution >= 0.6 is 22.6 Å². The van der Waals surface area contributed by atoms with Gasteiger partial charge in [0.15, 0.2) is 5.78 Å². The van der Waals surface area contributed by atoms with E-state index >= 15 is 0 Å². The summed E-state index contributed by atoms with van der Waals surface area (Å²) in [6, 6.07) is 7.72. The van der Waals surface area contributed by atoms with Gasteiger partial charge in [-0.3, -0.25) is 9.59 Å². The molecule has 1 heterocycles. The molecule has 1 saturated heterocycles. The molecule has 0 bridgehead atoms. The van der Waals surface area contributed by atoms with Gasteiger partial charge in [-0.1, -0.05) is 25.1 Å². The maximum atomic E-state index is 12.5. The molecular weight excluding hydrogens is 355 g/mol. The van der Waals surface area contributed by atoms with Gasteiger partial charge in [-0.05, 0) is 48.9 Å². The van der Waals surface area contributed by atoms with Crippen LogP contribution in [0, 0.1) is 14.9 Å². The number of hydrogen-bond acceptors (Lipinski definition) is 3. The number of halogens is 1. The van der Waals surface area contributed by atoms with Crippen molar-refractivity contribution in [1.29, 1.82) is 0 Å². The normalized spacial score (nSPS) is 26.1. The SMILES string of the molecule is CC[C@@H]1C(=O)C(C)(C)C(=O)O[C@H]1c1ccccc1I. The Balaban J connectivity index is 2.44. The number of carbonyl (C=O) groups excluding carboxylic acids is 2. The number of rotatable bonds is 2. The first-order chi connectivity index (χ1) is 8.89. The van der Waals surface area contributed by atoms with E-state index in [0.717, 1.165) is 9.13 Å². The summed E-state index contributed by atoms with van der Waals surface area (Å²) in [6.45, 7) is 5.25. The van der Waals surface area contributed by atoms with Crippen molar-refractivity contribution in [1.82, 2.24) is 0 Å². The van der Waals surface area contributed by atoms with Gasteiger partial charge in [0.2, 0.25) is 0 Å². The van der Waals surface area contributed by atoms with Gasteiger partial charge >= 0.3 is 5.97 Å². The summed E-state index contributed by atoms with van der Waals surface area (Å²) < 4.78 is 6.60. The van der Waals surface area contributed by atoms with E-state index in [1.54, 1.807) is 13.8 Å². The molecule has 1 aliphatic rings.